The van der Waals surface area contributed by atoms with Crippen LogP contribution in [0.1, 0.15) is 26.1 Å². The van der Waals surface area contributed by atoms with Crippen LogP contribution in [0.15, 0.2) is 75.4 Å². The molecule has 0 radical (unpaired) electrons. The molecule has 0 aliphatic heterocycles. The van der Waals surface area contributed by atoms with Crippen LogP contribution in [0.25, 0.3) is 16.8 Å². The van der Waals surface area contributed by atoms with E-state index in [9.17, 15) is 22.7 Å². The summed E-state index contributed by atoms with van der Waals surface area (Å²) in [5.41, 5.74) is 0.0616. The minimum atomic E-state index is -4.58. The maximum atomic E-state index is 14.0. The lowest BCUT2D eigenvalue weighted by Gasteiger charge is -2.20. The van der Waals surface area contributed by atoms with Crippen molar-refractivity contribution in [1.29, 1.82) is 0 Å². The maximum Gasteiger partial charge on any atom is 0.281 e. The highest BCUT2D eigenvalue weighted by Crippen LogP contribution is 2.35. The first-order valence-corrected chi connectivity index (χ1v) is 13.6. The third kappa shape index (κ3) is 5.49. The number of para-hydroxylation sites is 1. The van der Waals surface area contributed by atoms with Crippen molar-refractivity contribution in [3.63, 3.8) is 0 Å². The third-order valence-corrected chi connectivity index (χ3v) is 7.91. The topological polar surface area (TPSA) is 121 Å². The predicted octanol–water partition coefficient (Wildman–Crippen LogP) is 4.58. The average molecular weight is 554 g/mol. The van der Waals surface area contributed by atoms with E-state index in [1.807, 2.05) is 13.8 Å². The minimum Gasteiger partial charge on any atom is -0.494 e. The standard InChI is InChI=1S/C28H28FN3O6S/c1-17(2)11-14-24-31-27(33)26(28(34)32(24)25-21(37-3)9-6-10-22(25)38-4)39(35,36)20-8-5-7-18(15-20)19-12-13-23(29)30-16-19/h5-10,12-13,15-17,33H,11,14H2,1-4H3. The molecule has 9 nitrogen and oxygen atoms in total. The zero-order valence-electron chi connectivity index (χ0n) is 21.9. The van der Waals surface area contributed by atoms with Gasteiger partial charge in [0.25, 0.3) is 5.56 Å². The Morgan fingerprint density at radius 2 is 1.67 bits per heavy atom. The van der Waals surface area contributed by atoms with Gasteiger partial charge in [-0.3, -0.25) is 9.36 Å². The largest absolute Gasteiger partial charge is 0.494 e. The van der Waals surface area contributed by atoms with Crippen LogP contribution in [0.4, 0.5) is 4.39 Å². The molecular weight excluding hydrogens is 525 g/mol. The lowest BCUT2D eigenvalue weighted by molar-refractivity contribution is 0.386. The number of ether oxygens (including phenoxy) is 2. The first-order chi connectivity index (χ1) is 18.6. The van der Waals surface area contributed by atoms with E-state index < -0.39 is 32.1 Å². The van der Waals surface area contributed by atoms with Crippen molar-refractivity contribution in [2.75, 3.05) is 14.2 Å². The Bertz CT molecular complexity index is 1650. The smallest absolute Gasteiger partial charge is 0.281 e. The highest BCUT2D eigenvalue weighted by atomic mass is 32.2. The maximum absolute atomic E-state index is 14.0. The van der Waals surface area contributed by atoms with Crippen LogP contribution in [0.3, 0.4) is 0 Å². The highest BCUT2D eigenvalue weighted by Gasteiger charge is 2.31. The molecule has 0 bridgehead atoms. The molecule has 0 atom stereocenters. The van der Waals surface area contributed by atoms with Gasteiger partial charge in [-0.15, -0.1) is 0 Å². The molecule has 4 rings (SSSR count). The highest BCUT2D eigenvalue weighted by molar-refractivity contribution is 7.91. The summed E-state index contributed by atoms with van der Waals surface area (Å²) in [5, 5.41) is 10.9. The first kappa shape index (κ1) is 27.8. The second-order valence-electron chi connectivity index (χ2n) is 9.17. The van der Waals surface area contributed by atoms with Crippen LogP contribution in [-0.2, 0) is 16.3 Å². The monoisotopic (exact) mass is 553 g/mol. The minimum absolute atomic E-state index is 0.152. The molecule has 2 aromatic carbocycles. The predicted molar refractivity (Wildman–Crippen MR) is 143 cm³/mol. The number of pyridine rings is 1. The van der Waals surface area contributed by atoms with Crippen molar-refractivity contribution in [1.82, 2.24) is 14.5 Å². The van der Waals surface area contributed by atoms with E-state index in [4.69, 9.17) is 9.47 Å². The van der Waals surface area contributed by atoms with Gasteiger partial charge in [0.05, 0.1) is 19.1 Å². The Morgan fingerprint density at radius 3 is 2.26 bits per heavy atom. The molecule has 2 aromatic heterocycles. The van der Waals surface area contributed by atoms with Crippen LogP contribution < -0.4 is 15.0 Å². The molecule has 204 valence electrons. The van der Waals surface area contributed by atoms with Gasteiger partial charge in [-0.2, -0.15) is 9.37 Å². The van der Waals surface area contributed by atoms with Crippen LogP contribution >= 0.6 is 0 Å². The van der Waals surface area contributed by atoms with E-state index in [2.05, 4.69) is 9.97 Å². The van der Waals surface area contributed by atoms with Crippen LogP contribution in [0, 0.1) is 11.9 Å². The summed E-state index contributed by atoms with van der Waals surface area (Å²) in [6, 6.07) is 13.2. The zero-order chi connectivity index (χ0) is 28.3. The van der Waals surface area contributed by atoms with Gasteiger partial charge in [-0.1, -0.05) is 32.0 Å². The molecular formula is C28H28FN3O6S. The summed E-state index contributed by atoms with van der Waals surface area (Å²) in [6.45, 7) is 3.99. The summed E-state index contributed by atoms with van der Waals surface area (Å²) < 4.78 is 53.0. The average Bonchev–Trinajstić information content (AvgIpc) is 2.91. The Balaban J connectivity index is 1.98. The van der Waals surface area contributed by atoms with Gasteiger partial charge in [-0.05, 0) is 54.3 Å². The number of sulfone groups is 1. The van der Waals surface area contributed by atoms with E-state index >= 15 is 0 Å². The lowest BCUT2D eigenvalue weighted by atomic mass is 10.1. The van der Waals surface area contributed by atoms with E-state index in [0.29, 0.717) is 17.5 Å². The summed E-state index contributed by atoms with van der Waals surface area (Å²) in [4.78, 5) is 20.7. The molecule has 0 fully saturated rings. The number of methoxy groups -OCH3 is 2. The molecule has 1 N–H and O–H groups in total. The molecule has 0 spiro atoms. The van der Waals surface area contributed by atoms with Crippen molar-refractivity contribution in [2.24, 2.45) is 5.92 Å². The molecule has 0 amide bonds. The summed E-state index contributed by atoms with van der Waals surface area (Å²) in [7, 11) is -1.75. The number of hydrogen-bond donors (Lipinski definition) is 1. The van der Waals surface area contributed by atoms with Crippen molar-refractivity contribution in [2.45, 2.75) is 36.5 Å². The lowest BCUT2D eigenvalue weighted by Crippen LogP contribution is -2.30. The Morgan fingerprint density at radius 1 is 1.00 bits per heavy atom. The molecule has 4 aromatic rings. The van der Waals surface area contributed by atoms with Gasteiger partial charge in [-0.25, -0.2) is 13.4 Å². The van der Waals surface area contributed by atoms with Gasteiger partial charge >= 0.3 is 0 Å². The van der Waals surface area contributed by atoms with Crippen molar-refractivity contribution < 1.29 is 27.4 Å². The number of aryl methyl sites for hydroxylation is 1. The number of aromatic hydroxyl groups is 1. The zero-order valence-corrected chi connectivity index (χ0v) is 22.7. The van der Waals surface area contributed by atoms with Crippen molar-refractivity contribution in [3.8, 4) is 34.2 Å². The Kier molecular flexibility index (Phi) is 8.01. The Hall–Kier alpha value is -4.25. The van der Waals surface area contributed by atoms with E-state index in [0.717, 1.165) is 10.6 Å². The quantitative estimate of drug-likeness (QED) is 0.299. The van der Waals surface area contributed by atoms with Gasteiger partial charge in [0.15, 0.2) is 4.90 Å². The fourth-order valence-electron chi connectivity index (χ4n) is 4.15. The molecule has 0 unspecified atom stereocenters. The molecule has 2 heterocycles. The summed E-state index contributed by atoms with van der Waals surface area (Å²) in [6.07, 6.45) is 2.16. The first-order valence-electron chi connectivity index (χ1n) is 12.1. The van der Waals surface area contributed by atoms with Crippen molar-refractivity contribution >= 4 is 9.84 Å². The van der Waals surface area contributed by atoms with Crippen LogP contribution in [0.2, 0.25) is 0 Å². The summed E-state index contributed by atoms with van der Waals surface area (Å²) >= 11 is 0. The van der Waals surface area contributed by atoms with Crippen LogP contribution in [0.5, 0.6) is 17.4 Å². The number of halogens is 1. The number of hydrogen-bond acceptors (Lipinski definition) is 8. The molecule has 39 heavy (non-hydrogen) atoms. The normalized spacial score (nSPS) is 11.5. The van der Waals surface area contributed by atoms with Crippen molar-refractivity contribution in [3.05, 3.63) is 82.9 Å². The fraction of sp³-hybridized carbons (Fsp3) is 0.250. The van der Waals surface area contributed by atoms with Gasteiger partial charge in [0.1, 0.15) is 23.0 Å². The molecule has 0 aliphatic rings. The molecule has 0 saturated heterocycles. The fourth-order valence-corrected chi connectivity index (χ4v) is 5.53. The molecule has 11 heteroatoms. The third-order valence-electron chi connectivity index (χ3n) is 6.14. The summed E-state index contributed by atoms with van der Waals surface area (Å²) in [5.74, 6) is -0.683. The number of benzene rings is 2. The van der Waals surface area contributed by atoms with Gasteiger partial charge in [0, 0.05) is 18.2 Å². The number of nitrogens with zero attached hydrogens (tertiary/aromatic N) is 3. The van der Waals surface area contributed by atoms with Crippen LogP contribution in [-0.4, -0.2) is 42.3 Å². The van der Waals surface area contributed by atoms with E-state index in [-0.39, 0.29) is 40.2 Å². The van der Waals surface area contributed by atoms with Gasteiger partial charge in [0.2, 0.25) is 21.7 Å². The van der Waals surface area contributed by atoms with Gasteiger partial charge < -0.3 is 14.6 Å². The number of aromatic nitrogens is 3. The second kappa shape index (κ2) is 11.2. The van der Waals surface area contributed by atoms with E-state index in [1.165, 1.54) is 44.7 Å². The van der Waals surface area contributed by atoms with E-state index in [1.54, 1.807) is 24.3 Å². The SMILES string of the molecule is COc1cccc(OC)c1-n1c(CCC(C)C)nc(O)c(S(=O)(=O)c2cccc(-c3ccc(F)nc3)c2)c1=O. The second-order valence-corrected chi connectivity index (χ2v) is 11.1. The number of rotatable bonds is 9. The Labute approximate surface area is 225 Å². The molecule has 0 saturated carbocycles. The molecule has 0 aliphatic carbocycles.